The molecule has 2 nitrogen and oxygen atoms in total. The lowest BCUT2D eigenvalue weighted by molar-refractivity contribution is -0.139. The van der Waals surface area contributed by atoms with E-state index in [9.17, 15) is 9.18 Å². The van der Waals surface area contributed by atoms with Crippen molar-refractivity contribution >= 4 is 5.97 Å². The molecule has 0 aliphatic carbocycles. The summed E-state index contributed by atoms with van der Waals surface area (Å²) < 4.78 is 16.4. The van der Waals surface area contributed by atoms with Gasteiger partial charge < -0.3 is 4.74 Å². The minimum Gasteiger partial charge on any atom is -0.462 e. The molecule has 0 amide bonds. The Labute approximate surface area is 72.4 Å². The van der Waals surface area contributed by atoms with Gasteiger partial charge in [-0.15, -0.1) is 0 Å². The highest BCUT2D eigenvalue weighted by Crippen LogP contribution is 1.98. The highest BCUT2D eigenvalue weighted by molar-refractivity contribution is 5.86. The van der Waals surface area contributed by atoms with Crippen molar-refractivity contribution in [1.82, 2.24) is 0 Å². The molecule has 70 valence electrons. The van der Waals surface area contributed by atoms with Crippen LogP contribution in [-0.4, -0.2) is 19.3 Å². The van der Waals surface area contributed by atoms with Crippen LogP contribution in [0.2, 0.25) is 0 Å². The molecule has 0 spiro atoms. The minimum atomic E-state index is -0.366. The summed E-state index contributed by atoms with van der Waals surface area (Å²) in [5.41, 5.74) is 0.403. The van der Waals surface area contributed by atoms with Gasteiger partial charge in [0.25, 0.3) is 0 Å². The van der Waals surface area contributed by atoms with E-state index >= 15 is 0 Å². The zero-order valence-corrected chi connectivity index (χ0v) is 7.44. The lowest BCUT2D eigenvalue weighted by Gasteiger charge is -2.02. The number of carbonyl (C=O) groups excluding carboxylic acids is 1. The van der Waals surface area contributed by atoms with Crippen LogP contribution in [0.15, 0.2) is 12.2 Å². The number of esters is 1. The van der Waals surface area contributed by atoms with Gasteiger partial charge in [0.2, 0.25) is 0 Å². The maximum absolute atomic E-state index is 11.6. The number of carbonyl (C=O) groups is 1. The van der Waals surface area contributed by atoms with Gasteiger partial charge in [-0.2, -0.15) is 0 Å². The van der Waals surface area contributed by atoms with Crippen LogP contribution in [0.25, 0.3) is 0 Å². The normalized spacial score (nSPS) is 9.50. The molecule has 0 aromatic carbocycles. The van der Waals surface area contributed by atoms with E-state index in [1.165, 1.54) is 0 Å². The molecule has 0 aliphatic rings. The van der Waals surface area contributed by atoms with Gasteiger partial charge in [0, 0.05) is 5.57 Å². The fraction of sp³-hybridized carbons (Fsp3) is 0.667. The van der Waals surface area contributed by atoms with Gasteiger partial charge in [-0.05, 0) is 26.2 Å². The molecule has 0 atom stereocenters. The molecule has 3 heteroatoms. The third kappa shape index (κ3) is 5.89. The molecule has 12 heavy (non-hydrogen) atoms. The van der Waals surface area contributed by atoms with E-state index < -0.39 is 0 Å². The molecule has 0 N–H and O–H groups in total. The second-order valence-corrected chi connectivity index (χ2v) is 2.67. The standard InChI is InChI=1S/C9H15FO2/c1-8(2)9(11)12-7-5-3-4-6-10/h1,3-7H2,2H3. The Morgan fingerprint density at radius 2 is 2.08 bits per heavy atom. The van der Waals surface area contributed by atoms with Crippen LogP contribution in [0, 0.1) is 0 Å². The summed E-state index contributed by atoms with van der Waals surface area (Å²) in [6, 6.07) is 0. The first-order valence-corrected chi connectivity index (χ1v) is 4.07. The number of halogens is 1. The molecule has 0 aromatic heterocycles. The predicted octanol–water partition coefficient (Wildman–Crippen LogP) is 2.25. The Balaban J connectivity index is 3.20. The second kappa shape index (κ2) is 6.83. The van der Waals surface area contributed by atoms with Crippen molar-refractivity contribution in [2.45, 2.75) is 26.2 Å². The van der Waals surface area contributed by atoms with Crippen molar-refractivity contribution in [3.05, 3.63) is 12.2 Å². The number of alkyl halides is 1. The lowest BCUT2D eigenvalue weighted by atomic mass is 10.2. The first-order chi connectivity index (χ1) is 5.68. The van der Waals surface area contributed by atoms with Crippen LogP contribution in [0.5, 0.6) is 0 Å². The van der Waals surface area contributed by atoms with Crippen molar-refractivity contribution < 1.29 is 13.9 Å². The largest absolute Gasteiger partial charge is 0.462 e. The van der Waals surface area contributed by atoms with Crippen LogP contribution in [-0.2, 0) is 9.53 Å². The fourth-order valence-electron chi connectivity index (χ4n) is 0.661. The number of hydrogen-bond acceptors (Lipinski definition) is 2. The van der Waals surface area contributed by atoms with E-state index in [1.54, 1.807) is 6.92 Å². The van der Waals surface area contributed by atoms with E-state index in [4.69, 9.17) is 4.74 Å². The average molecular weight is 174 g/mol. The van der Waals surface area contributed by atoms with Crippen molar-refractivity contribution in [3.8, 4) is 0 Å². The Bertz CT molecular complexity index is 155. The van der Waals surface area contributed by atoms with Gasteiger partial charge in [0.15, 0.2) is 0 Å². The summed E-state index contributed by atoms with van der Waals surface area (Å²) in [7, 11) is 0. The number of rotatable bonds is 6. The Morgan fingerprint density at radius 3 is 2.58 bits per heavy atom. The van der Waals surface area contributed by atoms with E-state index in [0.29, 0.717) is 18.6 Å². The molecule has 0 bridgehead atoms. The SMILES string of the molecule is C=C(C)C(=O)OCCCCCF. The third-order valence-electron chi connectivity index (χ3n) is 1.36. The molecular weight excluding hydrogens is 159 g/mol. The van der Waals surface area contributed by atoms with Gasteiger partial charge >= 0.3 is 5.97 Å². The molecule has 0 unspecified atom stereocenters. The molecule has 0 radical (unpaired) electrons. The molecule has 0 heterocycles. The zero-order valence-electron chi connectivity index (χ0n) is 7.44. The maximum Gasteiger partial charge on any atom is 0.333 e. The maximum atomic E-state index is 11.6. The van der Waals surface area contributed by atoms with Crippen LogP contribution >= 0.6 is 0 Å². The van der Waals surface area contributed by atoms with Gasteiger partial charge in [-0.1, -0.05) is 6.58 Å². The van der Waals surface area contributed by atoms with Crippen molar-refractivity contribution in [1.29, 1.82) is 0 Å². The lowest BCUT2D eigenvalue weighted by Crippen LogP contribution is -2.06. The van der Waals surface area contributed by atoms with Crippen LogP contribution in [0.3, 0.4) is 0 Å². The Kier molecular flexibility index (Phi) is 6.34. The van der Waals surface area contributed by atoms with Crippen LogP contribution < -0.4 is 0 Å². The van der Waals surface area contributed by atoms with Gasteiger partial charge in [0.1, 0.15) is 0 Å². The minimum absolute atomic E-state index is 0.297. The third-order valence-corrected chi connectivity index (χ3v) is 1.36. The summed E-state index contributed by atoms with van der Waals surface area (Å²) in [5, 5.41) is 0. The first kappa shape index (κ1) is 11.1. The number of hydrogen-bond donors (Lipinski definition) is 0. The second-order valence-electron chi connectivity index (χ2n) is 2.67. The Morgan fingerprint density at radius 1 is 1.42 bits per heavy atom. The molecular formula is C9H15FO2. The van der Waals surface area contributed by atoms with E-state index in [-0.39, 0.29) is 12.6 Å². The Hall–Kier alpha value is -0.860. The topological polar surface area (TPSA) is 26.3 Å². The molecule has 0 saturated heterocycles. The number of ether oxygens (including phenoxy) is 1. The molecule has 0 aliphatic heterocycles. The summed E-state index contributed by atoms with van der Waals surface area (Å²) in [6.45, 7) is 5.11. The summed E-state index contributed by atoms with van der Waals surface area (Å²) in [5.74, 6) is -0.366. The van der Waals surface area contributed by atoms with Gasteiger partial charge in [-0.3, -0.25) is 4.39 Å². The first-order valence-electron chi connectivity index (χ1n) is 4.07. The van der Waals surface area contributed by atoms with E-state index in [0.717, 1.165) is 12.8 Å². The highest BCUT2D eigenvalue weighted by atomic mass is 19.1. The van der Waals surface area contributed by atoms with Crippen molar-refractivity contribution in [2.75, 3.05) is 13.3 Å². The zero-order chi connectivity index (χ0) is 9.40. The molecule has 0 saturated carbocycles. The smallest absolute Gasteiger partial charge is 0.333 e. The predicted molar refractivity (Wildman–Crippen MR) is 45.6 cm³/mol. The van der Waals surface area contributed by atoms with E-state index in [2.05, 4.69) is 6.58 Å². The molecule has 0 aromatic rings. The van der Waals surface area contributed by atoms with Gasteiger partial charge in [0.05, 0.1) is 13.3 Å². The van der Waals surface area contributed by atoms with Gasteiger partial charge in [-0.25, -0.2) is 4.79 Å². The average Bonchev–Trinajstić information content (AvgIpc) is 2.03. The highest BCUT2D eigenvalue weighted by Gasteiger charge is 2.01. The quantitative estimate of drug-likeness (QED) is 0.350. The monoisotopic (exact) mass is 174 g/mol. The molecule has 0 fully saturated rings. The van der Waals surface area contributed by atoms with Crippen LogP contribution in [0.1, 0.15) is 26.2 Å². The van der Waals surface area contributed by atoms with Crippen molar-refractivity contribution in [2.24, 2.45) is 0 Å². The van der Waals surface area contributed by atoms with Crippen molar-refractivity contribution in [3.63, 3.8) is 0 Å². The summed E-state index contributed by atoms with van der Waals surface area (Å²) in [4.78, 5) is 10.8. The summed E-state index contributed by atoms with van der Waals surface area (Å²) >= 11 is 0. The summed E-state index contributed by atoms with van der Waals surface area (Å²) in [6.07, 6.45) is 2.04. The fourth-order valence-corrected chi connectivity index (χ4v) is 0.661. The number of unbranched alkanes of at least 4 members (excludes halogenated alkanes) is 2. The molecule has 0 rings (SSSR count). The van der Waals surface area contributed by atoms with E-state index in [1.807, 2.05) is 0 Å². The van der Waals surface area contributed by atoms with Crippen LogP contribution in [0.4, 0.5) is 4.39 Å².